The summed E-state index contributed by atoms with van der Waals surface area (Å²) in [5, 5.41) is 18.9. The molecule has 0 amide bonds. The molecule has 0 aliphatic rings. The van der Waals surface area contributed by atoms with Crippen LogP contribution in [0.1, 0.15) is 19.4 Å². The summed E-state index contributed by atoms with van der Waals surface area (Å²) in [7, 11) is -1.51. The van der Waals surface area contributed by atoms with Crippen LogP contribution >= 0.6 is 0 Å². The standard InChI is InChI=1S/C14H17BO2/c1-4-8-13(12-9-6-5-7-10-12)14(11(2)3)15(16)17/h4-10,16-17H,2H2,1,3H3/b8-4?,14-13-. The van der Waals surface area contributed by atoms with E-state index in [2.05, 4.69) is 6.58 Å². The number of hydrogen-bond acceptors (Lipinski definition) is 2. The molecular formula is C14H17BO2. The molecule has 0 saturated heterocycles. The van der Waals surface area contributed by atoms with Gasteiger partial charge >= 0.3 is 7.12 Å². The first-order valence-corrected chi connectivity index (χ1v) is 5.52. The molecule has 0 unspecified atom stereocenters. The monoisotopic (exact) mass is 228 g/mol. The molecule has 0 aliphatic heterocycles. The molecular weight excluding hydrogens is 211 g/mol. The Morgan fingerprint density at radius 2 is 1.82 bits per heavy atom. The molecule has 0 fully saturated rings. The first-order valence-electron chi connectivity index (χ1n) is 5.52. The number of hydrogen-bond donors (Lipinski definition) is 2. The Morgan fingerprint density at radius 3 is 2.24 bits per heavy atom. The maximum Gasteiger partial charge on any atom is 0.489 e. The smallest absolute Gasteiger partial charge is 0.423 e. The third-order valence-corrected chi connectivity index (χ3v) is 2.43. The molecule has 1 aromatic rings. The summed E-state index contributed by atoms with van der Waals surface area (Å²) in [5.41, 5.74) is 2.83. The molecule has 0 saturated carbocycles. The first kappa shape index (κ1) is 13.5. The van der Waals surface area contributed by atoms with Gasteiger partial charge in [-0.3, -0.25) is 0 Å². The molecule has 0 aromatic heterocycles. The lowest BCUT2D eigenvalue weighted by atomic mass is 9.71. The van der Waals surface area contributed by atoms with Crippen LogP contribution in [0.2, 0.25) is 0 Å². The highest BCUT2D eigenvalue weighted by Crippen LogP contribution is 2.25. The number of allylic oxidation sites excluding steroid dienone is 5. The van der Waals surface area contributed by atoms with Crippen LogP contribution in [0.5, 0.6) is 0 Å². The predicted octanol–water partition coefficient (Wildman–Crippen LogP) is 2.60. The van der Waals surface area contributed by atoms with Crippen LogP contribution in [0.25, 0.3) is 5.57 Å². The van der Waals surface area contributed by atoms with Gasteiger partial charge in [-0.15, -0.1) is 0 Å². The van der Waals surface area contributed by atoms with Crippen LogP contribution < -0.4 is 0 Å². The lowest BCUT2D eigenvalue weighted by Gasteiger charge is -2.12. The Kier molecular flexibility index (Phi) is 4.95. The molecule has 1 aromatic carbocycles. The van der Waals surface area contributed by atoms with Crippen molar-refractivity contribution in [2.24, 2.45) is 0 Å². The highest BCUT2D eigenvalue weighted by Gasteiger charge is 2.19. The van der Waals surface area contributed by atoms with Crippen molar-refractivity contribution in [3.05, 3.63) is 65.7 Å². The van der Waals surface area contributed by atoms with E-state index in [1.807, 2.05) is 49.4 Å². The normalized spacial score (nSPS) is 12.5. The van der Waals surface area contributed by atoms with Gasteiger partial charge in [-0.1, -0.05) is 54.6 Å². The van der Waals surface area contributed by atoms with E-state index >= 15 is 0 Å². The van der Waals surface area contributed by atoms with Crippen molar-refractivity contribution in [2.75, 3.05) is 0 Å². The molecule has 88 valence electrons. The molecule has 1 rings (SSSR count). The van der Waals surface area contributed by atoms with Gasteiger partial charge in [0, 0.05) is 0 Å². The Bertz CT molecular complexity index is 445. The number of rotatable bonds is 4. The predicted molar refractivity (Wildman–Crippen MR) is 73.2 cm³/mol. The fourth-order valence-corrected chi connectivity index (χ4v) is 1.72. The molecule has 3 heteroatoms. The Labute approximate surface area is 103 Å². The second kappa shape index (κ2) is 6.23. The van der Waals surface area contributed by atoms with E-state index in [0.29, 0.717) is 11.0 Å². The highest BCUT2D eigenvalue weighted by molar-refractivity contribution is 6.54. The van der Waals surface area contributed by atoms with E-state index in [-0.39, 0.29) is 0 Å². The van der Waals surface area contributed by atoms with Crippen LogP contribution in [-0.2, 0) is 0 Å². The maximum absolute atomic E-state index is 9.44. The van der Waals surface area contributed by atoms with Crippen molar-refractivity contribution in [3.8, 4) is 0 Å². The minimum absolute atomic E-state index is 0.453. The van der Waals surface area contributed by atoms with Gasteiger partial charge in [-0.25, -0.2) is 0 Å². The molecule has 2 nitrogen and oxygen atoms in total. The van der Waals surface area contributed by atoms with E-state index in [9.17, 15) is 10.0 Å². The van der Waals surface area contributed by atoms with Crippen LogP contribution in [0, 0.1) is 0 Å². The molecule has 0 atom stereocenters. The average Bonchev–Trinajstić information content (AvgIpc) is 2.28. The fraction of sp³-hybridized carbons (Fsp3) is 0.143. The third kappa shape index (κ3) is 3.44. The summed E-state index contributed by atoms with van der Waals surface area (Å²) in [5.74, 6) is 0. The largest absolute Gasteiger partial charge is 0.489 e. The second-order valence-electron chi connectivity index (χ2n) is 3.85. The van der Waals surface area contributed by atoms with Gasteiger partial charge in [0.2, 0.25) is 0 Å². The molecule has 0 heterocycles. The SMILES string of the molecule is C=C(C)/C(B(O)O)=C(\C=CC)c1ccccc1. The zero-order valence-corrected chi connectivity index (χ0v) is 10.2. The number of benzene rings is 1. The topological polar surface area (TPSA) is 40.5 Å². The van der Waals surface area contributed by atoms with Gasteiger partial charge in [0.15, 0.2) is 0 Å². The molecule has 17 heavy (non-hydrogen) atoms. The minimum atomic E-state index is -1.51. The van der Waals surface area contributed by atoms with Crippen molar-refractivity contribution < 1.29 is 10.0 Å². The van der Waals surface area contributed by atoms with Crippen LogP contribution in [-0.4, -0.2) is 17.2 Å². The van der Waals surface area contributed by atoms with E-state index in [1.54, 1.807) is 6.92 Å². The zero-order chi connectivity index (χ0) is 12.8. The second-order valence-corrected chi connectivity index (χ2v) is 3.85. The Hall–Kier alpha value is -1.58. The van der Waals surface area contributed by atoms with Gasteiger partial charge in [0.25, 0.3) is 0 Å². The van der Waals surface area contributed by atoms with Gasteiger partial charge < -0.3 is 10.0 Å². The molecule has 0 aliphatic carbocycles. The van der Waals surface area contributed by atoms with Gasteiger partial charge in [0.05, 0.1) is 0 Å². The lowest BCUT2D eigenvalue weighted by molar-refractivity contribution is 0.420. The summed E-state index contributed by atoms with van der Waals surface area (Å²) in [6, 6.07) is 9.62. The van der Waals surface area contributed by atoms with Gasteiger partial charge in [-0.05, 0) is 30.5 Å². The molecule has 2 N–H and O–H groups in total. The van der Waals surface area contributed by atoms with E-state index in [1.165, 1.54) is 0 Å². The summed E-state index contributed by atoms with van der Waals surface area (Å²) in [6.45, 7) is 7.45. The molecule has 0 spiro atoms. The Morgan fingerprint density at radius 1 is 1.24 bits per heavy atom. The van der Waals surface area contributed by atoms with Gasteiger partial charge in [0.1, 0.15) is 0 Å². The van der Waals surface area contributed by atoms with Crippen LogP contribution in [0.15, 0.2) is 60.1 Å². The molecule has 0 bridgehead atoms. The van der Waals surface area contributed by atoms with Crippen molar-refractivity contribution in [1.82, 2.24) is 0 Å². The average molecular weight is 228 g/mol. The summed E-state index contributed by atoms with van der Waals surface area (Å²) in [4.78, 5) is 0. The maximum atomic E-state index is 9.44. The van der Waals surface area contributed by atoms with E-state index in [4.69, 9.17) is 0 Å². The lowest BCUT2D eigenvalue weighted by Crippen LogP contribution is -2.17. The zero-order valence-electron chi connectivity index (χ0n) is 10.2. The van der Waals surface area contributed by atoms with Crippen molar-refractivity contribution in [1.29, 1.82) is 0 Å². The minimum Gasteiger partial charge on any atom is -0.423 e. The van der Waals surface area contributed by atoms with Gasteiger partial charge in [-0.2, -0.15) is 0 Å². The van der Waals surface area contributed by atoms with Crippen molar-refractivity contribution >= 4 is 12.7 Å². The van der Waals surface area contributed by atoms with Crippen LogP contribution in [0.3, 0.4) is 0 Å². The van der Waals surface area contributed by atoms with Crippen LogP contribution in [0.4, 0.5) is 0 Å². The highest BCUT2D eigenvalue weighted by atomic mass is 16.4. The molecule has 0 radical (unpaired) electrons. The van der Waals surface area contributed by atoms with Crippen molar-refractivity contribution in [2.45, 2.75) is 13.8 Å². The van der Waals surface area contributed by atoms with E-state index < -0.39 is 7.12 Å². The Balaban J connectivity index is 3.43. The summed E-state index contributed by atoms with van der Waals surface area (Å²) >= 11 is 0. The summed E-state index contributed by atoms with van der Waals surface area (Å²) < 4.78 is 0. The quantitative estimate of drug-likeness (QED) is 0.614. The summed E-state index contributed by atoms with van der Waals surface area (Å²) in [6.07, 6.45) is 3.73. The van der Waals surface area contributed by atoms with E-state index in [0.717, 1.165) is 11.1 Å². The fourth-order valence-electron chi connectivity index (χ4n) is 1.72. The third-order valence-electron chi connectivity index (χ3n) is 2.43. The first-order chi connectivity index (χ1) is 8.07. The van der Waals surface area contributed by atoms with Crippen molar-refractivity contribution in [3.63, 3.8) is 0 Å².